The van der Waals surface area contributed by atoms with E-state index in [1.54, 1.807) is 11.3 Å². The second kappa shape index (κ2) is 7.05. The molecule has 0 nitrogen and oxygen atoms in total. The minimum atomic E-state index is 1.34. The van der Waals surface area contributed by atoms with Crippen LogP contribution >= 0.6 is 31.1 Å². The van der Waals surface area contributed by atoms with Gasteiger partial charge in [0.05, 0.1) is 0 Å². The molecule has 0 atom stereocenters. The molecule has 7 heavy (non-hydrogen) atoms. The van der Waals surface area contributed by atoms with Gasteiger partial charge in [-0.2, -0.15) is 5.38 Å². The van der Waals surface area contributed by atoms with Crippen LogP contribution in [0.4, 0.5) is 0 Å². The molecule has 0 aliphatic rings. The van der Waals surface area contributed by atoms with Crippen LogP contribution in [0.3, 0.4) is 0 Å². The molecule has 1 rings (SSSR count). The van der Waals surface area contributed by atoms with Gasteiger partial charge in [0.25, 0.3) is 0 Å². The molecule has 0 aliphatic heterocycles. The Morgan fingerprint density at radius 2 is 2.29 bits per heavy atom. The Balaban J connectivity index is 0.000000162. The van der Waals surface area contributed by atoms with Gasteiger partial charge in [-0.05, 0) is 0 Å². The maximum absolute atomic E-state index is 2.88. The summed E-state index contributed by atoms with van der Waals surface area (Å²) in [5, 5.41) is 3.90. The normalized spacial score (nSPS) is 6.71. The average molecular weight is 275 g/mol. The molecule has 0 saturated carbocycles. The standard InChI is InChI=1S/C4H3S.HI.Zn/c1-2-4-5-3-1;;/h1,3-4H;1H;/q-1;;+2/p-1. The second-order valence-corrected chi connectivity index (χ2v) is 1.50. The minimum Gasteiger partial charge on any atom is -0.273 e. The minimum absolute atomic E-state index is 1.34. The third kappa shape index (κ3) is 4.92. The SMILES string of the molecule is [Zn+][I].[c-]1ccsc1. The van der Waals surface area contributed by atoms with Crippen LogP contribution < -0.4 is 0 Å². The fourth-order valence-corrected chi connectivity index (χ4v) is 0.589. The average Bonchev–Trinajstić information content (AvgIpc) is 2.23. The van der Waals surface area contributed by atoms with Crippen molar-refractivity contribution in [1.29, 1.82) is 0 Å². The topological polar surface area (TPSA) is 0 Å². The molecular formula is C4H3ISZn. The van der Waals surface area contributed by atoms with Crippen molar-refractivity contribution in [2.75, 3.05) is 0 Å². The first-order chi connectivity index (χ1) is 3.50. The molecule has 0 saturated heterocycles. The molecule has 1 heterocycles. The van der Waals surface area contributed by atoms with Gasteiger partial charge in [-0.3, -0.25) is 11.3 Å². The number of hydrogen-bond acceptors (Lipinski definition) is 1. The fraction of sp³-hybridized carbons (Fsp3) is 0. The first kappa shape index (κ1) is 8.05. The third-order valence-electron chi connectivity index (χ3n) is 0.379. The van der Waals surface area contributed by atoms with Gasteiger partial charge in [-0.15, -0.1) is 5.38 Å². The van der Waals surface area contributed by atoms with Crippen LogP contribution in [0.15, 0.2) is 16.8 Å². The van der Waals surface area contributed by atoms with Crippen molar-refractivity contribution in [1.82, 2.24) is 0 Å². The van der Waals surface area contributed by atoms with Gasteiger partial charge in [-0.25, -0.2) is 12.1 Å². The Morgan fingerprint density at radius 3 is 2.43 bits per heavy atom. The largest absolute Gasteiger partial charge is 0.273 e. The Bertz CT molecular complexity index is 68.2. The first-order valence-electron chi connectivity index (χ1n) is 1.65. The summed E-state index contributed by atoms with van der Waals surface area (Å²) in [6.45, 7) is 0. The summed E-state index contributed by atoms with van der Waals surface area (Å²) < 4.78 is 0. The summed E-state index contributed by atoms with van der Waals surface area (Å²) in [5.41, 5.74) is 0. The molecule has 1 aromatic heterocycles. The van der Waals surface area contributed by atoms with Gasteiger partial charge >= 0.3 is 34.5 Å². The molecule has 0 aliphatic carbocycles. The quantitative estimate of drug-likeness (QED) is 0.387. The predicted molar refractivity (Wildman–Crippen MR) is 37.2 cm³/mol. The van der Waals surface area contributed by atoms with Crippen LogP contribution in [-0.4, -0.2) is 0 Å². The van der Waals surface area contributed by atoms with Crippen LogP contribution in [0.5, 0.6) is 0 Å². The van der Waals surface area contributed by atoms with E-state index in [4.69, 9.17) is 0 Å². The van der Waals surface area contributed by atoms with E-state index in [0.29, 0.717) is 0 Å². The molecule has 0 unspecified atom stereocenters. The van der Waals surface area contributed by atoms with Crippen molar-refractivity contribution < 1.29 is 14.8 Å². The molecule has 34 valence electrons. The van der Waals surface area contributed by atoms with Crippen LogP contribution in [0, 0.1) is 6.07 Å². The van der Waals surface area contributed by atoms with Crippen molar-refractivity contribution in [2.45, 2.75) is 0 Å². The van der Waals surface area contributed by atoms with E-state index in [-0.39, 0.29) is 0 Å². The summed E-state index contributed by atoms with van der Waals surface area (Å²) in [4.78, 5) is 0. The van der Waals surface area contributed by atoms with Gasteiger partial charge in [0.1, 0.15) is 0 Å². The van der Waals surface area contributed by atoms with E-state index in [2.05, 4.69) is 25.8 Å². The maximum Gasteiger partial charge on any atom is -0.120 e. The monoisotopic (exact) mass is 274 g/mol. The Morgan fingerprint density at radius 1 is 1.57 bits per heavy atom. The predicted octanol–water partition coefficient (Wildman–Crippen LogP) is 2.43. The van der Waals surface area contributed by atoms with Gasteiger partial charge in [0.15, 0.2) is 0 Å². The molecule has 0 spiro atoms. The van der Waals surface area contributed by atoms with E-state index in [0.717, 1.165) is 0 Å². The zero-order valence-electron chi connectivity index (χ0n) is 3.73. The van der Waals surface area contributed by atoms with Crippen LogP contribution in [0.2, 0.25) is 0 Å². The van der Waals surface area contributed by atoms with E-state index in [1.807, 2.05) is 16.8 Å². The summed E-state index contributed by atoms with van der Waals surface area (Å²) in [5.74, 6) is 0. The molecule has 0 fully saturated rings. The fourth-order valence-electron chi connectivity index (χ4n) is 0.196. The first-order valence-corrected chi connectivity index (χ1v) is 11.6. The van der Waals surface area contributed by atoms with Gasteiger partial charge in [-0.1, -0.05) is 0 Å². The van der Waals surface area contributed by atoms with E-state index in [9.17, 15) is 0 Å². The van der Waals surface area contributed by atoms with E-state index in [1.165, 1.54) is 14.8 Å². The zero-order chi connectivity index (χ0) is 5.54. The second-order valence-electron chi connectivity index (χ2n) is 0.723. The maximum atomic E-state index is 2.88. The molecule has 0 radical (unpaired) electrons. The molecule has 0 amide bonds. The summed E-state index contributed by atoms with van der Waals surface area (Å²) in [7, 11) is 0. The molecular weight excluding hydrogens is 272 g/mol. The molecule has 1 aromatic rings. The van der Waals surface area contributed by atoms with E-state index < -0.39 is 0 Å². The summed E-state index contributed by atoms with van der Waals surface area (Å²) >= 11 is 5.28. The summed E-state index contributed by atoms with van der Waals surface area (Å²) in [6.07, 6.45) is 0. The van der Waals surface area contributed by atoms with Crippen molar-refractivity contribution in [2.24, 2.45) is 0 Å². The molecule has 0 bridgehead atoms. The van der Waals surface area contributed by atoms with E-state index >= 15 is 0 Å². The molecule has 0 aromatic carbocycles. The van der Waals surface area contributed by atoms with Crippen molar-refractivity contribution in [3.05, 3.63) is 22.9 Å². The number of hydrogen-bond donors (Lipinski definition) is 0. The zero-order valence-corrected chi connectivity index (χ0v) is 9.67. The molecule has 3 heteroatoms. The Hall–Kier alpha value is 1.05. The van der Waals surface area contributed by atoms with Crippen molar-refractivity contribution in [3.8, 4) is 0 Å². The summed E-state index contributed by atoms with van der Waals surface area (Å²) in [6, 6.07) is 4.77. The molecule has 0 N–H and O–H groups in total. The van der Waals surface area contributed by atoms with Gasteiger partial charge in [0.2, 0.25) is 0 Å². The third-order valence-corrected chi connectivity index (χ3v) is 0.944. The Labute approximate surface area is 68.2 Å². The number of rotatable bonds is 0. The van der Waals surface area contributed by atoms with Crippen LogP contribution in [0.25, 0.3) is 0 Å². The van der Waals surface area contributed by atoms with Gasteiger partial charge < -0.3 is 0 Å². The van der Waals surface area contributed by atoms with Crippen molar-refractivity contribution in [3.63, 3.8) is 0 Å². The van der Waals surface area contributed by atoms with Crippen LogP contribution in [0.1, 0.15) is 0 Å². The smallest absolute Gasteiger partial charge is 0.120 e. The number of halogens is 1. The van der Waals surface area contributed by atoms with Gasteiger partial charge in [0, 0.05) is 0 Å². The van der Waals surface area contributed by atoms with Crippen LogP contribution in [-0.2, 0) is 14.8 Å². The Kier molecular flexibility index (Phi) is 8.11. The number of thiophene rings is 1. The van der Waals surface area contributed by atoms with Crippen molar-refractivity contribution >= 4 is 31.1 Å².